The summed E-state index contributed by atoms with van der Waals surface area (Å²) in [5.41, 5.74) is 14.4. The van der Waals surface area contributed by atoms with E-state index in [2.05, 4.69) is 10.3 Å². The molecule has 120 valence electrons. The Morgan fingerprint density at radius 3 is 2.04 bits per heavy atom. The van der Waals surface area contributed by atoms with Gasteiger partial charge >= 0.3 is 0 Å². The lowest BCUT2D eigenvalue weighted by atomic mass is 9.99. The van der Waals surface area contributed by atoms with Crippen LogP contribution in [0.2, 0.25) is 0 Å². The summed E-state index contributed by atoms with van der Waals surface area (Å²) < 4.78 is 0. The molecule has 0 unspecified atom stereocenters. The van der Waals surface area contributed by atoms with Crippen LogP contribution < -0.4 is 16.8 Å². The minimum atomic E-state index is -0.306. The molecule has 0 saturated heterocycles. The molecule has 1 aliphatic rings. The standard InChI is InChI=1S/C18H16N4O2/c19-11-1-5-13(6-2-11)21-15-9-16(18(24)10-17(15)23)22-14-7-3-12(20)4-8-14/h1-9,21H,10,19-20H2. The number of nitrogens with one attached hydrogen (secondary N) is 1. The first-order valence-corrected chi connectivity index (χ1v) is 7.36. The van der Waals surface area contributed by atoms with Crippen molar-refractivity contribution in [2.24, 2.45) is 4.99 Å². The van der Waals surface area contributed by atoms with E-state index in [9.17, 15) is 9.59 Å². The van der Waals surface area contributed by atoms with Gasteiger partial charge in [-0.2, -0.15) is 0 Å². The van der Waals surface area contributed by atoms with E-state index in [1.165, 1.54) is 6.08 Å². The van der Waals surface area contributed by atoms with Gasteiger partial charge in [-0.25, -0.2) is 4.99 Å². The van der Waals surface area contributed by atoms with E-state index in [4.69, 9.17) is 11.5 Å². The molecule has 24 heavy (non-hydrogen) atoms. The third-order valence-corrected chi connectivity index (χ3v) is 3.52. The van der Waals surface area contributed by atoms with Crippen molar-refractivity contribution in [3.8, 4) is 0 Å². The van der Waals surface area contributed by atoms with E-state index in [0.29, 0.717) is 28.4 Å². The summed E-state index contributed by atoms with van der Waals surface area (Å²) in [6.07, 6.45) is 1.27. The molecule has 0 heterocycles. The van der Waals surface area contributed by atoms with E-state index < -0.39 is 0 Å². The highest BCUT2D eigenvalue weighted by Crippen LogP contribution is 2.20. The molecule has 0 aromatic heterocycles. The minimum absolute atomic E-state index is 0.207. The van der Waals surface area contributed by atoms with Crippen LogP contribution in [-0.4, -0.2) is 17.3 Å². The maximum atomic E-state index is 12.1. The van der Waals surface area contributed by atoms with Crippen LogP contribution in [0.5, 0.6) is 0 Å². The van der Waals surface area contributed by atoms with Gasteiger partial charge in [0, 0.05) is 17.1 Å². The van der Waals surface area contributed by atoms with Crippen molar-refractivity contribution in [2.75, 3.05) is 16.8 Å². The molecule has 0 saturated carbocycles. The van der Waals surface area contributed by atoms with E-state index in [-0.39, 0.29) is 23.7 Å². The number of carbonyl (C=O) groups excluding carboxylic acids is 2. The average molecular weight is 320 g/mol. The third kappa shape index (κ3) is 3.49. The molecular weight excluding hydrogens is 304 g/mol. The van der Waals surface area contributed by atoms with E-state index >= 15 is 0 Å². The number of aliphatic imine (C=N–C) groups is 1. The number of anilines is 3. The highest BCUT2D eigenvalue weighted by Gasteiger charge is 2.24. The Morgan fingerprint density at radius 2 is 1.42 bits per heavy atom. The normalized spacial score (nSPS) is 16.2. The lowest BCUT2D eigenvalue weighted by Gasteiger charge is -2.15. The molecule has 0 spiro atoms. The first-order chi connectivity index (χ1) is 11.5. The predicted molar refractivity (Wildman–Crippen MR) is 95.1 cm³/mol. The van der Waals surface area contributed by atoms with Gasteiger partial charge in [0.1, 0.15) is 5.71 Å². The summed E-state index contributed by atoms with van der Waals surface area (Å²) in [5, 5.41) is 3.01. The van der Waals surface area contributed by atoms with E-state index in [1.54, 1.807) is 48.5 Å². The lowest BCUT2D eigenvalue weighted by molar-refractivity contribution is -0.121. The second-order valence-corrected chi connectivity index (χ2v) is 5.42. The number of hydrogen-bond acceptors (Lipinski definition) is 6. The van der Waals surface area contributed by atoms with Crippen molar-refractivity contribution in [3.63, 3.8) is 0 Å². The lowest BCUT2D eigenvalue weighted by Crippen LogP contribution is -2.27. The molecule has 2 aromatic carbocycles. The summed E-state index contributed by atoms with van der Waals surface area (Å²) in [5.74, 6) is -0.576. The van der Waals surface area contributed by atoms with Gasteiger partial charge in [0.25, 0.3) is 0 Å². The number of nitrogen functional groups attached to an aromatic ring is 2. The molecule has 0 atom stereocenters. The van der Waals surface area contributed by atoms with Crippen LogP contribution in [0.4, 0.5) is 22.7 Å². The number of nitrogens with two attached hydrogens (primary N) is 2. The predicted octanol–water partition coefficient (Wildman–Crippen LogP) is 2.46. The molecule has 0 fully saturated rings. The molecular formula is C18H16N4O2. The van der Waals surface area contributed by atoms with Crippen LogP contribution >= 0.6 is 0 Å². The van der Waals surface area contributed by atoms with Crippen molar-refractivity contribution in [2.45, 2.75) is 6.42 Å². The minimum Gasteiger partial charge on any atom is -0.399 e. The monoisotopic (exact) mass is 320 g/mol. The summed E-state index contributed by atoms with van der Waals surface area (Å²) in [4.78, 5) is 28.4. The summed E-state index contributed by atoms with van der Waals surface area (Å²) in [7, 11) is 0. The van der Waals surface area contributed by atoms with Gasteiger partial charge in [0.2, 0.25) is 0 Å². The molecule has 6 nitrogen and oxygen atoms in total. The van der Waals surface area contributed by atoms with Gasteiger partial charge in [-0.1, -0.05) is 0 Å². The second kappa shape index (κ2) is 6.37. The van der Waals surface area contributed by atoms with Crippen LogP contribution in [0.1, 0.15) is 6.42 Å². The Bertz CT molecular complexity index is 850. The fraction of sp³-hybridized carbons (Fsp3) is 0.0556. The molecule has 0 aliphatic heterocycles. The number of benzene rings is 2. The largest absolute Gasteiger partial charge is 0.399 e. The van der Waals surface area contributed by atoms with Crippen LogP contribution in [0, 0.1) is 0 Å². The van der Waals surface area contributed by atoms with Crippen LogP contribution in [0.25, 0.3) is 0 Å². The van der Waals surface area contributed by atoms with Gasteiger partial charge in [-0.05, 0) is 54.6 Å². The fourth-order valence-electron chi connectivity index (χ4n) is 2.24. The number of ketones is 2. The Hall–Kier alpha value is -3.41. The highest BCUT2D eigenvalue weighted by molar-refractivity contribution is 6.50. The van der Waals surface area contributed by atoms with E-state index in [1.807, 2.05) is 0 Å². The molecule has 2 aromatic rings. The number of carbonyl (C=O) groups is 2. The van der Waals surface area contributed by atoms with Gasteiger partial charge in [-0.15, -0.1) is 0 Å². The van der Waals surface area contributed by atoms with Gasteiger partial charge in [-0.3, -0.25) is 9.59 Å². The summed E-state index contributed by atoms with van der Waals surface area (Å²) in [6.45, 7) is 0. The molecule has 6 heteroatoms. The Labute approximate surface area is 138 Å². The first kappa shape index (κ1) is 15.5. The van der Waals surface area contributed by atoms with Crippen molar-refractivity contribution in [1.29, 1.82) is 0 Å². The maximum absolute atomic E-state index is 12.1. The zero-order valence-electron chi connectivity index (χ0n) is 12.8. The van der Waals surface area contributed by atoms with Crippen molar-refractivity contribution < 1.29 is 9.59 Å². The highest BCUT2D eigenvalue weighted by atomic mass is 16.2. The SMILES string of the molecule is Nc1ccc(N=C2C=C(Nc3ccc(N)cc3)C(=O)CC2=O)cc1. The fourth-order valence-corrected chi connectivity index (χ4v) is 2.24. The van der Waals surface area contributed by atoms with Crippen molar-refractivity contribution >= 4 is 40.0 Å². The second-order valence-electron chi connectivity index (χ2n) is 5.42. The molecule has 0 bridgehead atoms. The number of Topliss-reactive ketones (excluding diaryl/α,β-unsaturated/α-hetero) is 2. The third-order valence-electron chi connectivity index (χ3n) is 3.52. The van der Waals surface area contributed by atoms with Crippen molar-refractivity contribution in [1.82, 2.24) is 0 Å². The molecule has 1 aliphatic carbocycles. The molecule has 5 N–H and O–H groups in total. The molecule has 0 radical (unpaired) electrons. The van der Waals surface area contributed by atoms with Crippen molar-refractivity contribution in [3.05, 3.63) is 60.3 Å². The van der Waals surface area contributed by atoms with Crippen LogP contribution in [0.15, 0.2) is 65.3 Å². The van der Waals surface area contributed by atoms with Crippen LogP contribution in [-0.2, 0) is 9.59 Å². The number of rotatable bonds is 3. The van der Waals surface area contributed by atoms with E-state index in [0.717, 1.165) is 0 Å². The summed E-state index contributed by atoms with van der Waals surface area (Å²) >= 11 is 0. The maximum Gasteiger partial charge on any atom is 0.189 e. The van der Waals surface area contributed by atoms with Gasteiger partial charge in [0.05, 0.1) is 17.8 Å². The zero-order chi connectivity index (χ0) is 17.1. The quantitative estimate of drug-likeness (QED) is 0.594. The van der Waals surface area contributed by atoms with Gasteiger partial charge < -0.3 is 16.8 Å². The topological polar surface area (TPSA) is 111 Å². The Balaban J connectivity index is 1.90. The molecule has 3 rings (SSSR count). The number of allylic oxidation sites excluding steroid dienone is 2. The average Bonchev–Trinajstić information content (AvgIpc) is 2.56. The Morgan fingerprint density at radius 1 is 0.833 bits per heavy atom. The number of nitrogens with zero attached hydrogens (tertiary/aromatic N) is 1. The smallest absolute Gasteiger partial charge is 0.189 e. The summed E-state index contributed by atoms with van der Waals surface area (Å²) in [6, 6.07) is 13.8. The number of hydrogen-bond donors (Lipinski definition) is 3. The first-order valence-electron chi connectivity index (χ1n) is 7.36. The molecule has 0 amide bonds. The Kier molecular flexibility index (Phi) is 4.11. The van der Waals surface area contributed by atoms with Gasteiger partial charge in [0.15, 0.2) is 11.6 Å². The van der Waals surface area contributed by atoms with Crippen LogP contribution in [0.3, 0.4) is 0 Å². The zero-order valence-corrected chi connectivity index (χ0v) is 12.8.